The van der Waals surface area contributed by atoms with Gasteiger partial charge in [0.05, 0.1) is 6.54 Å². The summed E-state index contributed by atoms with van der Waals surface area (Å²) >= 11 is 0. The van der Waals surface area contributed by atoms with E-state index in [2.05, 4.69) is 46.9 Å². The van der Waals surface area contributed by atoms with Crippen LogP contribution >= 0.6 is 12.4 Å². The SMILES string of the molecule is CC(CC(=O)NCc1ccc(Cn2cccn2)cc1)C1CCCNC1.Cl. The molecule has 2 atom stereocenters. The van der Waals surface area contributed by atoms with Crippen LogP contribution in [0.5, 0.6) is 0 Å². The van der Waals surface area contributed by atoms with Crippen LogP contribution in [-0.4, -0.2) is 28.8 Å². The van der Waals surface area contributed by atoms with Crippen molar-refractivity contribution in [2.24, 2.45) is 11.8 Å². The molecule has 26 heavy (non-hydrogen) atoms. The van der Waals surface area contributed by atoms with Gasteiger partial charge < -0.3 is 10.6 Å². The summed E-state index contributed by atoms with van der Waals surface area (Å²) in [6, 6.07) is 10.3. The number of benzene rings is 1. The molecule has 6 heteroatoms. The number of rotatable bonds is 7. The lowest BCUT2D eigenvalue weighted by molar-refractivity contribution is -0.122. The molecule has 2 heterocycles. The summed E-state index contributed by atoms with van der Waals surface area (Å²) in [5.74, 6) is 1.21. The molecule has 1 aromatic heterocycles. The average Bonchev–Trinajstić information content (AvgIpc) is 3.15. The zero-order chi connectivity index (χ0) is 17.5. The maximum absolute atomic E-state index is 12.2. The number of hydrogen-bond donors (Lipinski definition) is 2. The van der Waals surface area contributed by atoms with Gasteiger partial charge in [-0.1, -0.05) is 31.2 Å². The van der Waals surface area contributed by atoms with Gasteiger partial charge in [-0.15, -0.1) is 12.4 Å². The summed E-state index contributed by atoms with van der Waals surface area (Å²) in [5.41, 5.74) is 2.33. The molecule has 5 nitrogen and oxygen atoms in total. The molecule has 1 fully saturated rings. The van der Waals surface area contributed by atoms with Crippen molar-refractivity contribution in [3.8, 4) is 0 Å². The Morgan fingerprint density at radius 2 is 2.12 bits per heavy atom. The van der Waals surface area contributed by atoms with Gasteiger partial charge in [-0.05, 0) is 55.0 Å². The highest BCUT2D eigenvalue weighted by Gasteiger charge is 2.21. The number of carbonyl (C=O) groups excluding carboxylic acids is 1. The highest BCUT2D eigenvalue weighted by molar-refractivity contribution is 5.85. The molecule has 142 valence electrons. The van der Waals surface area contributed by atoms with E-state index in [0.29, 0.717) is 24.8 Å². The van der Waals surface area contributed by atoms with Crippen LogP contribution in [-0.2, 0) is 17.9 Å². The Bertz CT molecular complexity index is 651. The van der Waals surface area contributed by atoms with Gasteiger partial charge in [-0.25, -0.2) is 0 Å². The first-order chi connectivity index (χ1) is 12.2. The Balaban J connectivity index is 0.00000243. The van der Waals surface area contributed by atoms with Crippen molar-refractivity contribution in [3.05, 3.63) is 53.9 Å². The summed E-state index contributed by atoms with van der Waals surface area (Å²) in [6.07, 6.45) is 6.82. The lowest BCUT2D eigenvalue weighted by Gasteiger charge is -2.28. The zero-order valence-electron chi connectivity index (χ0n) is 15.4. The molecule has 0 bridgehead atoms. The first kappa shape index (κ1) is 20.5. The fourth-order valence-electron chi connectivity index (χ4n) is 3.44. The van der Waals surface area contributed by atoms with Crippen LogP contribution in [0.1, 0.15) is 37.3 Å². The fourth-order valence-corrected chi connectivity index (χ4v) is 3.44. The second-order valence-corrected chi connectivity index (χ2v) is 7.08. The van der Waals surface area contributed by atoms with E-state index >= 15 is 0 Å². The number of nitrogens with zero attached hydrogens (tertiary/aromatic N) is 2. The van der Waals surface area contributed by atoms with Crippen molar-refractivity contribution in [3.63, 3.8) is 0 Å². The summed E-state index contributed by atoms with van der Waals surface area (Å²) < 4.78 is 1.90. The third-order valence-electron chi connectivity index (χ3n) is 5.06. The molecule has 1 aliphatic heterocycles. The molecule has 2 aromatic rings. The van der Waals surface area contributed by atoms with E-state index in [1.165, 1.54) is 18.4 Å². The molecule has 1 amide bonds. The number of nitrogens with one attached hydrogen (secondary N) is 2. The van der Waals surface area contributed by atoms with E-state index < -0.39 is 0 Å². The molecular weight excluding hydrogens is 348 g/mol. The first-order valence-corrected chi connectivity index (χ1v) is 9.23. The van der Waals surface area contributed by atoms with Crippen LogP contribution in [0.15, 0.2) is 42.7 Å². The minimum atomic E-state index is 0. The molecule has 0 spiro atoms. The fraction of sp³-hybridized carbons (Fsp3) is 0.500. The van der Waals surface area contributed by atoms with Crippen molar-refractivity contribution < 1.29 is 4.79 Å². The molecule has 0 saturated carbocycles. The molecule has 2 unspecified atom stereocenters. The summed E-state index contributed by atoms with van der Waals surface area (Å²) in [5, 5.41) is 10.7. The quantitative estimate of drug-likeness (QED) is 0.781. The van der Waals surface area contributed by atoms with E-state index in [9.17, 15) is 4.79 Å². The van der Waals surface area contributed by atoms with E-state index in [0.717, 1.165) is 25.2 Å². The second-order valence-electron chi connectivity index (χ2n) is 7.08. The molecule has 1 aromatic carbocycles. The van der Waals surface area contributed by atoms with Gasteiger partial charge in [0.25, 0.3) is 0 Å². The first-order valence-electron chi connectivity index (χ1n) is 9.23. The predicted octanol–water partition coefficient (Wildman–Crippen LogP) is 3.00. The van der Waals surface area contributed by atoms with Crippen molar-refractivity contribution in [1.82, 2.24) is 20.4 Å². The zero-order valence-corrected chi connectivity index (χ0v) is 16.2. The van der Waals surface area contributed by atoms with E-state index in [4.69, 9.17) is 0 Å². The summed E-state index contributed by atoms with van der Waals surface area (Å²) in [7, 11) is 0. The molecular formula is C20H29ClN4O. The molecule has 2 N–H and O–H groups in total. The standard InChI is InChI=1S/C20H28N4O.ClH/c1-16(19-4-2-9-21-14-19)12-20(25)22-13-17-5-7-18(8-6-17)15-24-11-3-10-23-24;/h3,5-8,10-11,16,19,21H,2,4,9,12-15H2,1H3,(H,22,25);1H. The van der Waals surface area contributed by atoms with Crippen LogP contribution in [0.4, 0.5) is 0 Å². The maximum Gasteiger partial charge on any atom is 0.220 e. The van der Waals surface area contributed by atoms with Crippen LogP contribution < -0.4 is 10.6 Å². The van der Waals surface area contributed by atoms with Gasteiger partial charge in [0, 0.05) is 25.4 Å². The van der Waals surface area contributed by atoms with Gasteiger partial charge >= 0.3 is 0 Å². The van der Waals surface area contributed by atoms with E-state index in [1.54, 1.807) is 6.20 Å². The van der Waals surface area contributed by atoms with E-state index in [1.807, 2.05) is 16.9 Å². The molecule has 3 rings (SSSR count). The van der Waals surface area contributed by atoms with Gasteiger partial charge in [0.1, 0.15) is 0 Å². The van der Waals surface area contributed by atoms with Gasteiger partial charge in [0.2, 0.25) is 5.91 Å². The number of hydrogen-bond acceptors (Lipinski definition) is 3. The average molecular weight is 377 g/mol. The number of halogens is 1. The molecule has 0 aliphatic carbocycles. The van der Waals surface area contributed by atoms with Gasteiger partial charge in [-0.2, -0.15) is 5.10 Å². The summed E-state index contributed by atoms with van der Waals surface area (Å²) in [6.45, 7) is 5.72. The minimum absolute atomic E-state index is 0. The van der Waals surface area contributed by atoms with Crippen LogP contribution in [0.25, 0.3) is 0 Å². The second kappa shape index (κ2) is 10.3. The Morgan fingerprint density at radius 1 is 1.35 bits per heavy atom. The van der Waals surface area contributed by atoms with Crippen molar-refractivity contribution >= 4 is 18.3 Å². The van der Waals surface area contributed by atoms with Crippen molar-refractivity contribution in [2.75, 3.05) is 13.1 Å². The lowest BCUT2D eigenvalue weighted by atomic mass is 9.85. The predicted molar refractivity (Wildman–Crippen MR) is 106 cm³/mol. The number of amides is 1. The van der Waals surface area contributed by atoms with E-state index in [-0.39, 0.29) is 18.3 Å². The normalized spacial score (nSPS) is 18.0. The Labute approximate surface area is 162 Å². The Morgan fingerprint density at radius 3 is 2.77 bits per heavy atom. The number of piperidine rings is 1. The van der Waals surface area contributed by atoms with Crippen LogP contribution in [0.2, 0.25) is 0 Å². The number of aromatic nitrogens is 2. The molecule has 1 saturated heterocycles. The Hall–Kier alpha value is -1.85. The highest BCUT2D eigenvalue weighted by atomic mass is 35.5. The third kappa shape index (κ3) is 6.15. The smallest absolute Gasteiger partial charge is 0.220 e. The Kier molecular flexibility index (Phi) is 8.13. The topological polar surface area (TPSA) is 59.0 Å². The van der Waals surface area contributed by atoms with Crippen molar-refractivity contribution in [2.45, 2.75) is 39.3 Å². The summed E-state index contributed by atoms with van der Waals surface area (Å²) in [4.78, 5) is 12.2. The number of carbonyl (C=O) groups is 1. The van der Waals surface area contributed by atoms with Crippen molar-refractivity contribution in [1.29, 1.82) is 0 Å². The monoisotopic (exact) mass is 376 g/mol. The van der Waals surface area contributed by atoms with Crippen LogP contribution in [0.3, 0.4) is 0 Å². The van der Waals surface area contributed by atoms with Crippen LogP contribution in [0, 0.1) is 11.8 Å². The third-order valence-corrected chi connectivity index (χ3v) is 5.06. The van der Waals surface area contributed by atoms with Gasteiger partial charge in [-0.3, -0.25) is 9.48 Å². The van der Waals surface area contributed by atoms with Gasteiger partial charge in [0.15, 0.2) is 0 Å². The lowest BCUT2D eigenvalue weighted by Crippen LogP contribution is -2.35. The largest absolute Gasteiger partial charge is 0.352 e. The minimum Gasteiger partial charge on any atom is -0.352 e. The molecule has 1 aliphatic rings. The molecule has 0 radical (unpaired) electrons. The maximum atomic E-state index is 12.2. The highest BCUT2D eigenvalue weighted by Crippen LogP contribution is 2.22.